The average molecular weight is 336 g/mol. The van der Waals surface area contributed by atoms with Gasteiger partial charge in [-0.2, -0.15) is 0 Å². The van der Waals surface area contributed by atoms with Crippen LogP contribution in [0.4, 0.5) is 5.69 Å². The fourth-order valence-corrected chi connectivity index (χ4v) is 2.18. The lowest BCUT2D eigenvalue weighted by molar-refractivity contribution is 0.0945. The summed E-state index contributed by atoms with van der Waals surface area (Å²) in [6, 6.07) is 8.81. The molecular formula is C14H14BrN3O2. The molecule has 20 heavy (non-hydrogen) atoms. The Hall–Kier alpha value is -2.08. The Balaban J connectivity index is 2.11. The Labute approximate surface area is 125 Å². The fourth-order valence-electron chi connectivity index (χ4n) is 1.75. The SMILES string of the molecule is COc1ccc(N)cc1CNC(=O)c1ncccc1Br. The number of amides is 1. The molecule has 0 atom stereocenters. The largest absolute Gasteiger partial charge is 0.496 e. The third kappa shape index (κ3) is 3.27. The Kier molecular flexibility index (Phi) is 4.57. The molecule has 6 heteroatoms. The second-order valence-corrected chi connectivity index (χ2v) is 4.94. The number of hydrogen-bond donors (Lipinski definition) is 2. The Morgan fingerprint density at radius 2 is 2.25 bits per heavy atom. The highest BCUT2D eigenvalue weighted by molar-refractivity contribution is 9.10. The summed E-state index contributed by atoms with van der Waals surface area (Å²) >= 11 is 3.29. The number of nitrogen functional groups attached to an aromatic ring is 1. The lowest BCUT2D eigenvalue weighted by Gasteiger charge is -2.10. The van der Waals surface area contributed by atoms with Crippen LogP contribution in [0.25, 0.3) is 0 Å². The Bertz CT molecular complexity index is 632. The van der Waals surface area contributed by atoms with Gasteiger partial charge in [-0.1, -0.05) is 0 Å². The fraction of sp³-hybridized carbons (Fsp3) is 0.143. The smallest absolute Gasteiger partial charge is 0.271 e. The highest BCUT2D eigenvalue weighted by Crippen LogP contribution is 2.21. The van der Waals surface area contributed by atoms with Gasteiger partial charge >= 0.3 is 0 Å². The first-order valence-corrected chi connectivity index (χ1v) is 6.72. The number of nitrogens with one attached hydrogen (secondary N) is 1. The number of benzene rings is 1. The van der Waals surface area contributed by atoms with Crippen LogP contribution in [0.5, 0.6) is 5.75 Å². The summed E-state index contributed by atoms with van der Waals surface area (Å²) in [7, 11) is 1.58. The molecule has 0 bridgehead atoms. The number of nitrogens with zero attached hydrogens (tertiary/aromatic N) is 1. The van der Waals surface area contributed by atoms with Crippen molar-refractivity contribution in [3.63, 3.8) is 0 Å². The number of methoxy groups -OCH3 is 1. The Morgan fingerprint density at radius 1 is 1.45 bits per heavy atom. The zero-order chi connectivity index (χ0) is 14.5. The van der Waals surface area contributed by atoms with E-state index < -0.39 is 0 Å². The first-order chi connectivity index (χ1) is 9.61. The van der Waals surface area contributed by atoms with Crippen LogP contribution in [-0.4, -0.2) is 18.0 Å². The molecule has 1 aromatic heterocycles. The van der Waals surface area contributed by atoms with Crippen LogP contribution in [0.1, 0.15) is 16.1 Å². The lowest BCUT2D eigenvalue weighted by Crippen LogP contribution is -2.24. The molecule has 1 heterocycles. The molecule has 3 N–H and O–H groups in total. The molecular weight excluding hydrogens is 322 g/mol. The van der Waals surface area contributed by atoms with Crippen molar-refractivity contribution in [2.24, 2.45) is 0 Å². The predicted molar refractivity (Wildman–Crippen MR) is 80.5 cm³/mol. The molecule has 0 spiro atoms. The van der Waals surface area contributed by atoms with Crippen LogP contribution in [0.2, 0.25) is 0 Å². The molecule has 5 nitrogen and oxygen atoms in total. The van der Waals surface area contributed by atoms with E-state index in [2.05, 4.69) is 26.2 Å². The van der Waals surface area contributed by atoms with E-state index in [1.807, 2.05) is 0 Å². The summed E-state index contributed by atoms with van der Waals surface area (Å²) in [4.78, 5) is 16.1. The first-order valence-electron chi connectivity index (χ1n) is 5.93. The molecule has 0 aliphatic heterocycles. The molecule has 0 fully saturated rings. The van der Waals surface area contributed by atoms with Crippen LogP contribution in [0.3, 0.4) is 0 Å². The van der Waals surface area contributed by atoms with Crippen molar-refractivity contribution >= 4 is 27.5 Å². The van der Waals surface area contributed by atoms with E-state index in [-0.39, 0.29) is 5.91 Å². The van der Waals surface area contributed by atoms with Crippen molar-refractivity contribution in [1.82, 2.24) is 10.3 Å². The maximum Gasteiger partial charge on any atom is 0.271 e. The van der Waals surface area contributed by atoms with Gasteiger partial charge in [0.15, 0.2) is 0 Å². The lowest BCUT2D eigenvalue weighted by atomic mass is 10.1. The highest BCUT2D eigenvalue weighted by Gasteiger charge is 2.12. The summed E-state index contributed by atoms with van der Waals surface area (Å²) in [5.74, 6) is 0.418. The number of hydrogen-bond acceptors (Lipinski definition) is 4. The minimum absolute atomic E-state index is 0.262. The first kappa shape index (κ1) is 14.3. The number of rotatable bonds is 4. The number of carbonyl (C=O) groups excluding carboxylic acids is 1. The molecule has 0 radical (unpaired) electrons. The third-order valence-corrected chi connectivity index (χ3v) is 3.36. The molecule has 0 saturated carbocycles. The number of halogens is 1. The van der Waals surface area contributed by atoms with E-state index in [9.17, 15) is 4.79 Å². The minimum atomic E-state index is -0.262. The molecule has 2 rings (SSSR count). The van der Waals surface area contributed by atoms with Gasteiger partial charge in [-0.15, -0.1) is 0 Å². The van der Waals surface area contributed by atoms with E-state index in [4.69, 9.17) is 10.5 Å². The summed E-state index contributed by atoms with van der Waals surface area (Å²) < 4.78 is 5.88. The molecule has 1 aromatic carbocycles. The number of pyridine rings is 1. The number of ether oxygens (including phenoxy) is 1. The summed E-state index contributed by atoms with van der Waals surface area (Å²) in [6.45, 7) is 0.316. The summed E-state index contributed by atoms with van der Waals surface area (Å²) in [6.07, 6.45) is 1.57. The van der Waals surface area contributed by atoms with Crippen molar-refractivity contribution in [2.45, 2.75) is 6.54 Å². The highest BCUT2D eigenvalue weighted by atomic mass is 79.9. The molecule has 0 aliphatic carbocycles. The number of anilines is 1. The maximum absolute atomic E-state index is 12.0. The summed E-state index contributed by atoms with van der Waals surface area (Å²) in [5, 5.41) is 2.79. The van der Waals surface area contributed by atoms with E-state index in [1.165, 1.54) is 0 Å². The number of nitrogens with two attached hydrogens (primary N) is 1. The quantitative estimate of drug-likeness (QED) is 0.841. The minimum Gasteiger partial charge on any atom is -0.496 e. The average Bonchev–Trinajstić information content (AvgIpc) is 2.45. The van der Waals surface area contributed by atoms with Gasteiger partial charge in [0.25, 0.3) is 5.91 Å². The van der Waals surface area contributed by atoms with Gasteiger partial charge in [0.05, 0.1) is 7.11 Å². The molecule has 0 aliphatic rings. The van der Waals surface area contributed by atoms with Crippen molar-refractivity contribution in [2.75, 3.05) is 12.8 Å². The van der Waals surface area contributed by atoms with Crippen molar-refractivity contribution in [1.29, 1.82) is 0 Å². The van der Waals surface area contributed by atoms with E-state index in [0.717, 1.165) is 5.56 Å². The van der Waals surface area contributed by atoms with Gasteiger partial charge < -0.3 is 15.8 Å². The normalized spacial score (nSPS) is 10.1. The molecule has 0 unspecified atom stereocenters. The molecule has 0 saturated heterocycles. The van der Waals surface area contributed by atoms with Crippen LogP contribution in [0.15, 0.2) is 41.0 Å². The van der Waals surface area contributed by atoms with Gasteiger partial charge in [0.1, 0.15) is 11.4 Å². The van der Waals surface area contributed by atoms with Gasteiger partial charge in [0, 0.05) is 28.5 Å². The van der Waals surface area contributed by atoms with Gasteiger partial charge in [-0.05, 0) is 46.3 Å². The second-order valence-electron chi connectivity index (χ2n) is 4.09. The third-order valence-electron chi connectivity index (χ3n) is 2.72. The van der Waals surface area contributed by atoms with Crippen LogP contribution in [-0.2, 0) is 6.54 Å². The van der Waals surface area contributed by atoms with Crippen LogP contribution in [0, 0.1) is 0 Å². The number of carbonyl (C=O) groups is 1. The zero-order valence-corrected chi connectivity index (χ0v) is 12.5. The van der Waals surface area contributed by atoms with Crippen molar-refractivity contribution < 1.29 is 9.53 Å². The predicted octanol–water partition coefficient (Wildman–Crippen LogP) is 2.36. The van der Waals surface area contributed by atoms with Crippen molar-refractivity contribution in [3.05, 3.63) is 52.3 Å². The molecule has 2 aromatic rings. The van der Waals surface area contributed by atoms with Gasteiger partial charge in [0.2, 0.25) is 0 Å². The Morgan fingerprint density at radius 3 is 2.95 bits per heavy atom. The molecule has 1 amide bonds. The second kappa shape index (κ2) is 6.38. The maximum atomic E-state index is 12.0. The molecule has 104 valence electrons. The topological polar surface area (TPSA) is 77.2 Å². The number of aromatic nitrogens is 1. The van der Waals surface area contributed by atoms with Crippen LogP contribution >= 0.6 is 15.9 Å². The van der Waals surface area contributed by atoms with E-state index in [0.29, 0.717) is 28.1 Å². The van der Waals surface area contributed by atoms with E-state index in [1.54, 1.807) is 43.6 Å². The van der Waals surface area contributed by atoms with Crippen molar-refractivity contribution in [3.8, 4) is 5.75 Å². The van der Waals surface area contributed by atoms with Gasteiger partial charge in [-0.3, -0.25) is 4.79 Å². The standard InChI is InChI=1S/C14H14BrN3O2/c1-20-12-5-4-10(16)7-9(12)8-18-14(19)13-11(15)3-2-6-17-13/h2-7H,8,16H2,1H3,(H,18,19). The monoisotopic (exact) mass is 335 g/mol. The zero-order valence-electron chi connectivity index (χ0n) is 10.9. The van der Waals surface area contributed by atoms with E-state index >= 15 is 0 Å². The van der Waals surface area contributed by atoms with Crippen LogP contribution < -0.4 is 15.8 Å². The summed E-state index contributed by atoms with van der Waals surface area (Å²) in [5.41, 5.74) is 7.51. The van der Waals surface area contributed by atoms with Gasteiger partial charge in [-0.25, -0.2) is 4.98 Å².